The minimum atomic E-state index is -0.242. The van der Waals surface area contributed by atoms with E-state index in [0.29, 0.717) is 30.8 Å². The Bertz CT molecular complexity index is 484. The molecule has 0 fully saturated rings. The number of anilines is 1. The summed E-state index contributed by atoms with van der Waals surface area (Å²) in [5.41, 5.74) is 6.74. The molecule has 17 heavy (non-hydrogen) atoms. The van der Waals surface area contributed by atoms with Crippen LogP contribution in [0.3, 0.4) is 0 Å². The number of hydrogen-bond donors (Lipinski definition) is 2. The summed E-state index contributed by atoms with van der Waals surface area (Å²) in [7, 11) is 0. The van der Waals surface area contributed by atoms with Gasteiger partial charge in [0.1, 0.15) is 5.82 Å². The molecule has 0 bridgehead atoms. The van der Waals surface area contributed by atoms with Crippen molar-refractivity contribution in [2.75, 3.05) is 18.4 Å². The number of benzene rings is 1. The van der Waals surface area contributed by atoms with Crippen molar-refractivity contribution in [2.24, 2.45) is 5.73 Å². The number of halogens is 1. The number of hydrogen-bond acceptors (Lipinski definition) is 4. The van der Waals surface area contributed by atoms with Gasteiger partial charge in [-0.05, 0) is 11.6 Å². The van der Waals surface area contributed by atoms with Crippen LogP contribution in [-0.2, 0) is 6.42 Å². The van der Waals surface area contributed by atoms with E-state index in [9.17, 15) is 4.39 Å². The van der Waals surface area contributed by atoms with Crippen molar-refractivity contribution < 1.29 is 8.91 Å². The minimum absolute atomic E-state index is 0.242. The third-order valence-electron chi connectivity index (χ3n) is 2.41. The van der Waals surface area contributed by atoms with Crippen LogP contribution in [0.2, 0.25) is 0 Å². The van der Waals surface area contributed by atoms with Gasteiger partial charge in [-0.25, -0.2) is 4.39 Å². The van der Waals surface area contributed by atoms with E-state index in [4.69, 9.17) is 10.3 Å². The average Bonchev–Trinajstić information content (AvgIpc) is 2.77. The zero-order valence-corrected chi connectivity index (χ0v) is 9.32. The fraction of sp³-hybridized carbons (Fsp3) is 0.250. The molecule has 0 spiro atoms. The van der Waals surface area contributed by atoms with Gasteiger partial charge in [0.2, 0.25) is 0 Å². The van der Waals surface area contributed by atoms with Crippen LogP contribution in [0.25, 0.3) is 0 Å². The largest absolute Gasteiger partial charge is 0.380 e. The van der Waals surface area contributed by atoms with E-state index in [1.165, 1.54) is 6.07 Å². The predicted molar refractivity (Wildman–Crippen MR) is 63.3 cm³/mol. The number of aromatic nitrogens is 1. The first-order valence-corrected chi connectivity index (χ1v) is 5.42. The standard InChI is InChI=1S/C12H14FN3O/c13-10-4-2-1-3-9(10)7-12-11(8-16-17-12)15-6-5-14/h1-4,8,15H,5-7,14H2. The van der Waals surface area contributed by atoms with Crippen LogP contribution < -0.4 is 11.1 Å². The monoisotopic (exact) mass is 235 g/mol. The maximum absolute atomic E-state index is 13.5. The van der Waals surface area contributed by atoms with Crippen molar-refractivity contribution in [3.63, 3.8) is 0 Å². The van der Waals surface area contributed by atoms with Gasteiger partial charge in [-0.3, -0.25) is 0 Å². The summed E-state index contributed by atoms with van der Waals surface area (Å²) in [5, 5.41) is 6.78. The molecular weight excluding hydrogens is 221 g/mol. The van der Waals surface area contributed by atoms with Crippen LogP contribution in [0.5, 0.6) is 0 Å². The Hall–Kier alpha value is -1.88. The van der Waals surface area contributed by atoms with E-state index >= 15 is 0 Å². The van der Waals surface area contributed by atoms with E-state index in [1.54, 1.807) is 24.4 Å². The Morgan fingerprint density at radius 2 is 2.18 bits per heavy atom. The van der Waals surface area contributed by atoms with Gasteiger partial charge in [0.15, 0.2) is 5.76 Å². The molecule has 0 radical (unpaired) electrons. The van der Waals surface area contributed by atoms with Crippen molar-refractivity contribution >= 4 is 5.69 Å². The number of nitrogens with two attached hydrogens (primary N) is 1. The Kier molecular flexibility index (Phi) is 3.72. The molecule has 1 aromatic carbocycles. The molecule has 0 atom stereocenters. The van der Waals surface area contributed by atoms with Gasteiger partial charge in [-0.15, -0.1) is 0 Å². The molecule has 1 heterocycles. The molecule has 3 N–H and O–H groups in total. The second kappa shape index (κ2) is 5.45. The molecule has 2 rings (SSSR count). The Labute approximate surface area is 98.6 Å². The first-order chi connectivity index (χ1) is 8.31. The number of rotatable bonds is 5. The van der Waals surface area contributed by atoms with Crippen LogP contribution in [0.15, 0.2) is 35.0 Å². The van der Waals surface area contributed by atoms with Crippen molar-refractivity contribution in [3.8, 4) is 0 Å². The molecule has 0 saturated carbocycles. The second-order valence-corrected chi connectivity index (χ2v) is 3.65. The quantitative estimate of drug-likeness (QED) is 0.829. The summed E-state index contributed by atoms with van der Waals surface area (Å²) in [6.07, 6.45) is 1.95. The molecular formula is C12H14FN3O. The zero-order chi connectivity index (χ0) is 12.1. The number of nitrogens with one attached hydrogen (secondary N) is 1. The van der Waals surface area contributed by atoms with E-state index in [2.05, 4.69) is 10.5 Å². The van der Waals surface area contributed by atoms with E-state index in [-0.39, 0.29) is 5.82 Å². The Morgan fingerprint density at radius 3 is 2.94 bits per heavy atom. The SMILES string of the molecule is NCCNc1cnoc1Cc1ccccc1F. The van der Waals surface area contributed by atoms with Crippen LogP contribution >= 0.6 is 0 Å². The van der Waals surface area contributed by atoms with Crippen LogP contribution in [0.1, 0.15) is 11.3 Å². The fourth-order valence-electron chi connectivity index (χ4n) is 1.56. The molecule has 0 saturated heterocycles. The van der Waals surface area contributed by atoms with Crippen LogP contribution in [-0.4, -0.2) is 18.2 Å². The highest BCUT2D eigenvalue weighted by atomic mass is 19.1. The lowest BCUT2D eigenvalue weighted by Crippen LogP contribution is -2.13. The molecule has 0 aliphatic carbocycles. The first kappa shape index (κ1) is 11.6. The lowest BCUT2D eigenvalue weighted by molar-refractivity contribution is 0.388. The summed E-state index contributed by atoms with van der Waals surface area (Å²) in [5.74, 6) is 0.372. The van der Waals surface area contributed by atoms with Gasteiger partial charge in [0, 0.05) is 19.5 Å². The molecule has 0 amide bonds. The third kappa shape index (κ3) is 2.82. The maximum atomic E-state index is 13.5. The molecule has 0 aliphatic rings. The van der Waals surface area contributed by atoms with E-state index in [1.807, 2.05) is 0 Å². The molecule has 1 aromatic heterocycles. The second-order valence-electron chi connectivity index (χ2n) is 3.65. The van der Waals surface area contributed by atoms with E-state index < -0.39 is 0 Å². The highest BCUT2D eigenvalue weighted by Crippen LogP contribution is 2.19. The Morgan fingerprint density at radius 1 is 1.35 bits per heavy atom. The Balaban J connectivity index is 2.13. The van der Waals surface area contributed by atoms with Crippen molar-refractivity contribution in [1.29, 1.82) is 0 Å². The molecule has 2 aromatic rings. The smallest absolute Gasteiger partial charge is 0.164 e. The van der Waals surface area contributed by atoms with Gasteiger partial charge in [0.25, 0.3) is 0 Å². The molecule has 4 nitrogen and oxygen atoms in total. The lowest BCUT2D eigenvalue weighted by Gasteiger charge is -2.04. The summed E-state index contributed by atoms with van der Waals surface area (Å²) in [4.78, 5) is 0. The normalized spacial score (nSPS) is 10.5. The number of nitrogens with zero attached hydrogens (tertiary/aromatic N) is 1. The minimum Gasteiger partial charge on any atom is -0.380 e. The van der Waals surface area contributed by atoms with Gasteiger partial charge in [-0.1, -0.05) is 23.4 Å². The van der Waals surface area contributed by atoms with Crippen LogP contribution in [0, 0.1) is 5.82 Å². The third-order valence-corrected chi connectivity index (χ3v) is 2.41. The topological polar surface area (TPSA) is 64.1 Å². The van der Waals surface area contributed by atoms with Gasteiger partial charge >= 0.3 is 0 Å². The highest BCUT2D eigenvalue weighted by Gasteiger charge is 2.10. The highest BCUT2D eigenvalue weighted by molar-refractivity contribution is 5.46. The van der Waals surface area contributed by atoms with E-state index in [0.717, 1.165) is 5.69 Å². The van der Waals surface area contributed by atoms with Crippen molar-refractivity contribution in [1.82, 2.24) is 5.16 Å². The van der Waals surface area contributed by atoms with Gasteiger partial charge in [0.05, 0.1) is 11.9 Å². The van der Waals surface area contributed by atoms with Gasteiger partial charge < -0.3 is 15.6 Å². The average molecular weight is 235 g/mol. The predicted octanol–water partition coefficient (Wildman–Crippen LogP) is 1.78. The van der Waals surface area contributed by atoms with Crippen molar-refractivity contribution in [3.05, 3.63) is 47.6 Å². The van der Waals surface area contributed by atoms with Crippen LogP contribution in [0.4, 0.5) is 10.1 Å². The summed E-state index contributed by atoms with van der Waals surface area (Å²) < 4.78 is 18.6. The molecule has 0 aliphatic heterocycles. The summed E-state index contributed by atoms with van der Waals surface area (Å²) in [6, 6.07) is 6.61. The van der Waals surface area contributed by atoms with Gasteiger partial charge in [-0.2, -0.15) is 0 Å². The first-order valence-electron chi connectivity index (χ1n) is 5.42. The summed E-state index contributed by atoms with van der Waals surface area (Å²) >= 11 is 0. The lowest BCUT2D eigenvalue weighted by atomic mass is 10.1. The summed E-state index contributed by atoms with van der Waals surface area (Å²) in [6.45, 7) is 1.15. The molecule has 5 heteroatoms. The van der Waals surface area contributed by atoms with Crippen molar-refractivity contribution in [2.45, 2.75) is 6.42 Å². The fourth-order valence-corrected chi connectivity index (χ4v) is 1.56. The molecule has 0 unspecified atom stereocenters. The maximum Gasteiger partial charge on any atom is 0.164 e. The zero-order valence-electron chi connectivity index (χ0n) is 9.32. The molecule has 90 valence electrons.